The monoisotopic (exact) mass is 321 g/mol. The van der Waals surface area contributed by atoms with Crippen LogP contribution >= 0.6 is 0 Å². The number of nitrogens with zero attached hydrogens (tertiary/aromatic N) is 2. The van der Waals surface area contributed by atoms with Gasteiger partial charge in [0.2, 0.25) is 5.91 Å². The largest absolute Gasteiger partial charge is 0.376 e. The molecule has 0 unspecified atom stereocenters. The molecule has 1 aliphatic carbocycles. The molecular weight excluding hydrogens is 298 g/mol. The molecule has 124 valence electrons. The first-order valence-electron chi connectivity index (χ1n) is 8.73. The molecule has 1 saturated carbocycles. The van der Waals surface area contributed by atoms with Crippen LogP contribution in [0.1, 0.15) is 38.4 Å². The second-order valence-corrected chi connectivity index (χ2v) is 6.97. The van der Waals surface area contributed by atoms with Crippen LogP contribution in [0.4, 0.5) is 11.4 Å². The summed E-state index contributed by atoms with van der Waals surface area (Å²) in [4.78, 5) is 19.0. The highest BCUT2D eigenvalue weighted by Crippen LogP contribution is 2.49. The van der Waals surface area contributed by atoms with Crippen molar-refractivity contribution in [3.63, 3.8) is 0 Å². The minimum atomic E-state index is 0.116. The van der Waals surface area contributed by atoms with Crippen molar-refractivity contribution >= 4 is 17.3 Å². The van der Waals surface area contributed by atoms with Gasteiger partial charge in [0.15, 0.2) is 0 Å². The summed E-state index contributed by atoms with van der Waals surface area (Å²) in [6.45, 7) is 3.92. The number of anilines is 2. The number of pyridine rings is 1. The number of benzene rings is 1. The summed E-state index contributed by atoms with van der Waals surface area (Å²) in [6.07, 6.45) is 4.25. The van der Waals surface area contributed by atoms with Gasteiger partial charge in [-0.05, 0) is 43.0 Å². The maximum absolute atomic E-state index is 12.4. The number of carbonyl (C=O) groups is 1. The summed E-state index contributed by atoms with van der Waals surface area (Å²) < 4.78 is 0. The third-order valence-corrected chi connectivity index (χ3v) is 5.27. The molecule has 1 aliphatic heterocycles. The average molecular weight is 321 g/mol. The topological polar surface area (TPSA) is 45.2 Å². The van der Waals surface area contributed by atoms with Gasteiger partial charge in [-0.1, -0.05) is 25.1 Å². The van der Waals surface area contributed by atoms with Crippen LogP contribution in [0.5, 0.6) is 0 Å². The van der Waals surface area contributed by atoms with Gasteiger partial charge in [-0.3, -0.25) is 9.78 Å². The van der Waals surface area contributed by atoms with Crippen LogP contribution in [-0.4, -0.2) is 16.9 Å². The lowest BCUT2D eigenvalue weighted by Crippen LogP contribution is -2.51. The van der Waals surface area contributed by atoms with Crippen LogP contribution in [0.3, 0.4) is 0 Å². The number of amides is 1. The molecule has 2 aliphatic rings. The number of hydrogen-bond acceptors (Lipinski definition) is 3. The van der Waals surface area contributed by atoms with E-state index in [-0.39, 0.29) is 18.0 Å². The molecule has 4 heteroatoms. The zero-order chi connectivity index (χ0) is 16.7. The van der Waals surface area contributed by atoms with Gasteiger partial charge in [0.1, 0.15) is 0 Å². The molecule has 0 radical (unpaired) electrons. The van der Waals surface area contributed by atoms with Crippen LogP contribution < -0.4 is 10.2 Å². The predicted octanol–water partition coefficient (Wildman–Crippen LogP) is 4.02. The fourth-order valence-electron chi connectivity index (χ4n) is 4.07. The normalized spacial score (nSPS) is 25.9. The fraction of sp³-hybridized carbons (Fsp3) is 0.400. The second-order valence-electron chi connectivity index (χ2n) is 6.97. The lowest BCUT2D eigenvalue weighted by atomic mass is 9.82. The van der Waals surface area contributed by atoms with Gasteiger partial charge < -0.3 is 10.2 Å². The summed E-state index contributed by atoms with van der Waals surface area (Å²) in [5.41, 5.74) is 3.03. The third kappa shape index (κ3) is 2.56. The number of hydrogen-bond donors (Lipinski definition) is 1. The van der Waals surface area contributed by atoms with E-state index in [2.05, 4.69) is 29.4 Å². The molecule has 1 fully saturated rings. The average Bonchev–Trinajstić information content (AvgIpc) is 3.42. The Bertz CT molecular complexity index is 742. The first-order chi connectivity index (χ1) is 11.7. The number of aromatic nitrogens is 1. The summed E-state index contributed by atoms with van der Waals surface area (Å²) in [5.74, 6) is 1.03. The predicted molar refractivity (Wildman–Crippen MR) is 95.9 cm³/mol. The maximum Gasteiger partial charge on any atom is 0.224 e. The first-order valence-corrected chi connectivity index (χ1v) is 8.73. The number of fused-ring (bicyclic) bond motifs is 1. The highest BCUT2D eigenvalue weighted by atomic mass is 16.2. The Morgan fingerprint density at radius 2 is 1.92 bits per heavy atom. The van der Waals surface area contributed by atoms with E-state index in [1.165, 1.54) is 12.8 Å². The fourth-order valence-corrected chi connectivity index (χ4v) is 4.07. The number of nitrogens with one attached hydrogen (secondary N) is 1. The van der Waals surface area contributed by atoms with E-state index in [1.54, 1.807) is 6.92 Å². The van der Waals surface area contributed by atoms with Crippen molar-refractivity contribution in [3.8, 4) is 0 Å². The second kappa shape index (κ2) is 5.93. The van der Waals surface area contributed by atoms with Crippen LogP contribution in [-0.2, 0) is 4.79 Å². The van der Waals surface area contributed by atoms with Crippen molar-refractivity contribution in [3.05, 3.63) is 54.4 Å². The Morgan fingerprint density at radius 3 is 2.58 bits per heavy atom. The van der Waals surface area contributed by atoms with Crippen LogP contribution in [0, 0.1) is 11.8 Å². The molecule has 3 atom stereocenters. The van der Waals surface area contributed by atoms with Gasteiger partial charge in [0.05, 0.1) is 17.4 Å². The van der Waals surface area contributed by atoms with E-state index >= 15 is 0 Å². The molecule has 1 aromatic heterocycles. The molecule has 1 N–H and O–H groups in total. The maximum atomic E-state index is 12.4. The number of rotatable bonds is 3. The summed E-state index contributed by atoms with van der Waals surface area (Å²) >= 11 is 0. The zero-order valence-electron chi connectivity index (χ0n) is 14.1. The van der Waals surface area contributed by atoms with Gasteiger partial charge >= 0.3 is 0 Å². The van der Waals surface area contributed by atoms with Crippen molar-refractivity contribution in [2.24, 2.45) is 11.8 Å². The molecule has 4 nitrogen and oxygen atoms in total. The van der Waals surface area contributed by atoms with Crippen LogP contribution in [0.25, 0.3) is 0 Å². The van der Waals surface area contributed by atoms with Gasteiger partial charge in [0, 0.05) is 30.8 Å². The first kappa shape index (κ1) is 15.2. The minimum absolute atomic E-state index is 0.116. The molecule has 0 spiro atoms. The Morgan fingerprint density at radius 1 is 1.17 bits per heavy atom. The SMILES string of the molecule is CC(=O)N1c2cccnc2[C@@H](Nc2ccccc2)[C@H](C)[C@H]1C1CC1. The molecule has 4 rings (SSSR count). The van der Waals surface area contributed by atoms with E-state index in [0.29, 0.717) is 11.8 Å². The number of para-hydroxylation sites is 1. The zero-order valence-corrected chi connectivity index (χ0v) is 14.1. The van der Waals surface area contributed by atoms with Crippen molar-refractivity contribution in [1.82, 2.24) is 4.98 Å². The third-order valence-electron chi connectivity index (χ3n) is 5.27. The Hall–Kier alpha value is -2.36. The molecular formula is C20H23N3O. The van der Waals surface area contributed by atoms with Crippen molar-refractivity contribution in [2.45, 2.75) is 38.8 Å². The summed E-state index contributed by atoms with van der Waals surface area (Å²) in [6, 6.07) is 14.6. The lowest BCUT2D eigenvalue weighted by molar-refractivity contribution is -0.117. The minimum Gasteiger partial charge on any atom is -0.376 e. The van der Waals surface area contributed by atoms with E-state index in [1.807, 2.05) is 41.4 Å². The van der Waals surface area contributed by atoms with Gasteiger partial charge in [0.25, 0.3) is 0 Å². The van der Waals surface area contributed by atoms with Crippen LogP contribution in [0.15, 0.2) is 48.7 Å². The Labute approximate surface area is 142 Å². The van der Waals surface area contributed by atoms with Gasteiger partial charge in [-0.2, -0.15) is 0 Å². The number of carbonyl (C=O) groups excluding carboxylic acids is 1. The molecule has 24 heavy (non-hydrogen) atoms. The lowest BCUT2D eigenvalue weighted by Gasteiger charge is -2.45. The standard InChI is InChI=1S/C20H23N3O/c1-13-18(22-16-7-4-3-5-8-16)19-17(9-6-12-21-19)23(14(2)24)20(13)15-10-11-15/h3-9,12-13,15,18,20,22H,10-11H2,1-2H3/t13-,18-,20-/m0/s1. The van der Waals surface area contributed by atoms with Crippen molar-refractivity contribution in [1.29, 1.82) is 0 Å². The molecule has 2 heterocycles. The van der Waals surface area contributed by atoms with E-state index in [4.69, 9.17) is 0 Å². The molecule has 2 aromatic rings. The molecule has 1 amide bonds. The van der Waals surface area contributed by atoms with Crippen LogP contribution in [0.2, 0.25) is 0 Å². The molecule has 0 saturated heterocycles. The van der Waals surface area contributed by atoms with E-state index in [9.17, 15) is 4.79 Å². The summed E-state index contributed by atoms with van der Waals surface area (Å²) in [7, 11) is 0. The highest BCUT2D eigenvalue weighted by molar-refractivity contribution is 5.93. The molecule has 1 aromatic carbocycles. The molecule has 0 bridgehead atoms. The van der Waals surface area contributed by atoms with Crippen molar-refractivity contribution < 1.29 is 4.79 Å². The quantitative estimate of drug-likeness (QED) is 0.929. The van der Waals surface area contributed by atoms with Gasteiger partial charge in [-0.15, -0.1) is 0 Å². The summed E-state index contributed by atoms with van der Waals surface area (Å²) in [5, 5.41) is 3.66. The Kier molecular flexibility index (Phi) is 3.75. The highest BCUT2D eigenvalue weighted by Gasteiger charge is 2.47. The smallest absolute Gasteiger partial charge is 0.224 e. The van der Waals surface area contributed by atoms with E-state index < -0.39 is 0 Å². The Balaban J connectivity index is 1.78. The van der Waals surface area contributed by atoms with Crippen molar-refractivity contribution in [2.75, 3.05) is 10.2 Å². The van der Waals surface area contributed by atoms with E-state index in [0.717, 1.165) is 17.1 Å². The van der Waals surface area contributed by atoms with Gasteiger partial charge in [-0.25, -0.2) is 0 Å².